The Balaban J connectivity index is 1.65. The summed E-state index contributed by atoms with van der Waals surface area (Å²) in [5.41, 5.74) is 1.77. The van der Waals surface area contributed by atoms with Crippen LogP contribution in [0.5, 0.6) is 0 Å². The number of carbonyl (C=O) groups is 3. The Bertz CT molecular complexity index is 732. The highest BCUT2D eigenvalue weighted by Crippen LogP contribution is 2.24. The van der Waals surface area contributed by atoms with E-state index in [-0.39, 0.29) is 18.4 Å². The van der Waals surface area contributed by atoms with Crippen molar-refractivity contribution in [3.63, 3.8) is 0 Å². The highest BCUT2D eigenvalue weighted by Gasteiger charge is 2.25. The van der Waals surface area contributed by atoms with Gasteiger partial charge in [0.2, 0.25) is 18.2 Å². The van der Waals surface area contributed by atoms with E-state index in [1.807, 2.05) is 60.7 Å². The van der Waals surface area contributed by atoms with Gasteiger partial charge in [-0.25, -0.2) is 0 Å². The van der Waals surface area contributed by atoms with Crippen molar-refractivity contribution in [3.05, 3.63) is 71.8 Å². The number of rotatable bonds is 6. The molecule has 1 fully saturated rings. The van der Waals surface area contributed by atoms with Crippen molar-refractivity contribution < 1.29 is 14.4 Å². The van der Waals surface area contributed by atoms with Crippen molar-refractivity contribution in [2.75, 3.05) is 32.7 Å². The second-order valence-electron chi connectivity index (χ2n) is 6.49. The zero-order chi connectivity index (χ0) is 19.1. The van der Waals surface area contributed by atoms with Crippen LogP contribution in [-0.2, 0) is 14.4 Å². The average Bonchev–Trinajstić information content (AvgIpc) is 2.74. The third kappa shape index (κ3) is 4.73. The Kier molecular flexibility index (Phi) is 6.20. The van der Waals surface area contributed by atoms with Crippen LogP contribution in [0.1, 0.15) is 17.0 Å². The minimum absolute atomic E-state index is 0.0455. The van der Waals surface area contributed by atoms with Crippen LogP contribution in [-0.4, -0.2) is 60.7 Å². The maximum absolute atomic E-state index is 12.9. The SMILES string of the molecule is O=CN1CCN(C(=O)CNC(=O)C(c2ccccc2)c2ccccc2)CC1. The van der Waals surface area contributed by atoms with Crippen molar-refractivity contribution >= 4 is 18.2 Å². The third-order valence-electron chi connectivity index (χ3n) is 4.76. The number of carbonyl (C=O) groups excluding carboxylic acids is 3. The molecule has 0 spiro atoms. The maximum Gasteiger partial charge on any atom is 0.242 e. The number of nitrogens with zero attached hydrogens (tertiary/aromatic N) is 2. The lowest BCUT2D eigenvalue weighted by Gasteiger charge is -2.32. The first-order valence-electron chi connectivity index (χ1n) is 9.04. The van der Waals surface area contributed by atoms with Crippen LogP contribution in [0.2, 0.25) is 0 Å². The van der Waals surface area contributed by atoms with Crippen LogP contribution in [0.4, 0.5) is 0 Å². The molecule has 6 nitrogen and oxygen atoms in total. The molecule has 0 aromatic heterocycles. The summed E-state index contributed by atoms with van der Waals surface area (Å²) in [5, 5.41) is 2.79. The molecule has 0 atom stereocenters. The zero-order valence-electron chi connectivity index (χ0n) is 15.1. The Labute approximate surface area is 158 Å². The number of nitrogens with one attached hydrogen (secondary N) is 1. The molecule has 140 valence electrons. The molecule has 0 saturated carbocycles. The van der Waals surface area contributed by atoms with Crippen molar-refractivity contribution in [3.8, 4) is 0 Å². The van der Waals surface area contributed by atoms with E-state index in [4.69, 9.17) is 0 Å². The Hall–Kier alpha value is -3.15. The number of hydrogen-bond acceptors (Lipinski definition) is 3. The van der Waals surface area contributed by atoms with Crippen LogP contribution in [0, 0.1) is 0 Å². The Morgan fingerprint density at radius 1 is 0.889 bits per heavy atom. The van der Waals surface area contributed by atoms with Gasteiger partial charge in [-0.3, -0.25) is 14.4 Å². The van der Waals surface area contributed by atoms with Crippen LogP contribution >= 0.6 is 0 Å². The van der Waals surface area contributed by atoms with E-state index < -0.39 is 5.92 Å². The minimum atomic E-state index is -0.466. The smallest absolute Gasteiger partial charge is 0.242 e. The van der Waals surface area contributed by atoms with Crippen LogP contribution < -0.4 is 5.32 Å². The highest BCUT2D eigenvalue weighted by molar-refractivity contribution is 5.90. The molecule has 6 heteroatoms. The summed E-state index contributed by atoms with van der Waals surface area (Å²) in [5.74, 6) is -0.798. The van der Waals surface area contributed by atoms with E-state index in [1.165, 1.54) is 0 Å². The van der Waals surface area contributed by atoms with Gasteiger partial charge in [0, 0.05) is 26.2 Å². The van der Waals surface area contributed by atoms with Crippen molar-refractivity contribution in [1.82, 2.24) is 15.1 Å². The van der Waals surface area contributed by atoms with Gasteiger partial charge in [0.1, 0.15) is 0 Å². The predicted octanol–water partition coefficient (Wildman–Crippen LogP) is 1.24. The van der Waals surface area contributed by atoms with E-state index in [0.29, 0.717) is 26.2 Å². The molecule has 3 amide bonds. The van der Waals surface area contributed by atoms with Gasteiger partial charge in [-0.2, -0.15) is 0 Å². The zero-order valence-corrected chi connectivity index (χ0v) is 15.1. The number of hydrogen-bond donors (Lipinski definition) is 1. The topological polar surface area (TPSA) is 69.7 Å². The van der Waals surface area contributed by atoms with Gasteiger partial charge in [0.25, 0.3) is 0 Å². The molecule has 1 aliphatic rings. The predicted molar refractivity (Wildman–Crippen MR) is 102 cm³/mol. The van der Waals surface area contributed by atoms with Crippen molar-refractivity contribution in [2.24, 2.45) is 0 Å². The summed E-state index contributed by atoms with van der Waals surface area (Å²) in [6, 6.07) is 19.1. The summed E-state index contributed by atoms with van der Waals surface area (Å²) >= 11 is 0. The van der Waals surface area contributed by atoms with Gasteiger partial charge >= 0.3 is 0 Å². The molecule has 3 rings (SSSR count). The van der Waals surface area contributed by atoms with E-state index in [2.05, 4.69) is 5.32 Å². The first-order valence-corrected chi connectivity index (χ1v) is 9.04. The molecule has 0 aliphatic carbocycles. The molecular formula is C21H23N3O3. The highest BCUT2D eigenvalue weighted by atomic mass is 16.2. The van der Waals surface area contributed by atoms with Gasteiger partial charge in [-0.1, -0.05) is 60.7 Å². The summed E-state index contributed by atoms with van der Waals surface area (Å²) in [7, 11) is 0. The number of amides is 3. The molecule has 1 heterocycles. The number of piperazine rings is 1. The standard InChI is InChI=1S/C21H23N3O3/c25-16-23-11-13-24(14-12-23)19(26)15-22-21(27)20(17-7-3-1-4-8-17)18-9-5-2-6-10-18/h1-10,16,20H,11-15H2,(H,22,27). The minimum Gasteiger partial charge on any atom is -0.346 e. The molecule has 2 aromatic rings. The van der Waals surface area contributed by atoms with E-state index in [0.717, 1.165) is 17.5 Å². The molecule has 0 bridgehead atoms. The second kappa shape index (κ2) is 8.98. The van der Waals surface area contributed by atoms with Gasteiger partial charge < -0.3 is 15.1 Å². The molecular weight excluding hydrogens is 342 g/mol. The lowest BCUT2D eigenvalue weighted by molar-refractivity contribution is -0.136. The fourth-order valence-electron chi connectivity index (χ4n) is 3.24. The lowest BCUT2D eigenvalue weighted by Crippen LogP contribution is -2.51. The van der Waals surface area contributed by atoms with Gasteiger partial charge in [0.15, 0.2) is 0 Å². The summed E-state index contributed by atoms with van der Waals surface area (Å²) in [6.45, 7) is 2.00. The van der Waals surface area contributed by atoms with Gasteiger partial charge in [-0.15, -0.1) is 0 Å². The fourth-order valence-corrected chi connectivity index (χ4v) is 3.24. The van der Waals surface area contributed by atoms with Gasteiger partial charge in [-0.05, 0) is 11.1 Å². The Morgan fingerprint density at radius 3 is 1.89 bits per heavy atom. The summed E-state index contributed by atoms with van der Waals surface area (Å²) < 4.78 is 0. The molecule has 2 aromatic carbocycles. The second-order valence-corrected chi connectivity index (χ2v) is 6.49. The third-order valence-corrected chi connectivity index (χ3v) is 4.76. The first-order chi connectivity index (χ1) is 13.2. The summed E-state index contributed by atoms with van der Waals surface area (Å²) in [4.78, 5) is 39.4. The maximum atomic E-state index is 12.9. The largest absolute Gasteiger partial charge is 0.346 e. The molecule has 1 aliphatic heterocycles. The van der Waals surface area contributed by atoms with E-state index in [1.54, 1.807) is 9.80 Å². The molecule has 1 N–H and O–H groups in total. The van der Waals surface area contributed by atoms with Crippen LogP contribution in [0.3, 0.4) is 0 Å². The quantitative estimate of drug-likeness (QED) is 0.783. The molecule has 0 radical (unpaired) electrons. The normalized spacial score (nSPS) is 14.1. The monoisotopic (exact) mass is 365 g/mol. The van der Waals surface area contributed by atoms with Crippen molar-refractivity contribution in [1.29, 1.82) is 0 Å². The van der Waals surface area contributed by atoms with Crippen LogP contribution in [0.25, 0.3) is 0 Å². The van der Waals surface area contributed by atoms with E-state index in [9.17, 15) is 14.4 Å². The molecule has 0 unspecified atom stereocenters. The summed E-state index contributed by atoms with van der Waals surface area (Å²) in [6.07, 6.45) is 0.800. The fraction of sp³-hybridized carbons (Fsp3) is 0.286. The first kappa shape index (κ1) is 18.6. The Morgan fingerprint density at radius 2 is 1.41 bits per heavy atom. The van der Waals surface area contributed by atoms with Crippen LogP contribution in [0.15, 0.2) is 60.7 Å². The van der Waals surface area contributed by atoms with E-state index >= 15 is 0 Å². The van der Waals surface area contributed by atoms with Gasteiger partial charge in [0.05, 0.1) is 12.5 Å². The molecule has 1 saturated heterocycles. The average molecular weight is 365 g/mol. The van der Waals surface area contributed by atoms with Crippen molar-refractivity contribution in [2.45, 2.75) is 5.92 Å². The molecule has 27 heavy (non-hydrogen) atoms. The lowest BCUT2D eigenvalue weighted by atomic mass is 9.90. The number of benzene rings is 2.